The van der Waals surface area contributed by atoms with E-state index in [4.69, 9.17) is 23.2 Å². The minimum atomic E-state index is -0.0782. The van der Waals surface area contributed by atoms with Crippen LogP contribution in [0.2, 0.25) is 10.0 Å². The zero-order chi connectivity index (χ0) is 20.1. The summed E-state index contributed by atoms with van der Waals surface area (Å²) in [7, 11) is 0. The van der Waals surface area contributed by atoms with Gasteiger partial charge in [0.05, 0.1) is 21.5 Å². The van der Waals surface area contributed by atoms with Gasteiger partial charge in [-0.15, -0.1) is 28.1 Å². The van der Waals surface area contributed by atoms with E-state index < -0.39 is 0 Å². The molecular weight excluding hydrogens is 437 g/mol. The molecule has 0 aliphatic carbocycles. The molecule has 0 unspecified atom stereocenters. The second-order valence-electron chi connectivity index (χ2n) is 5.63. The van der Waals surface area contributed by atoms with Gasteiger partial charge in [-0.25, -0.2) is 4.98 Å². The molecule has 0 saturated heterocycles. The van der Waals surface area contributed by atoms with Crippen molar-refractivity contribution in [1.29, 1.82) is 0 Å². The maximum absolute atomic E-state index is 12.8. The predicted molar refractivity (Wildman–Crippen MR) is 117 cm³/mol. The molecule has 10 heteroatoms. The molecule has 2 heterocycles. The van der Waals surface area contributed by atoms with Gasteiger partial charge < -0.3 is 4.57 Å². The molecule has 0 N–H and O–H groups in total. The molecule has 146 valence electrons. The molecular formula is C18H17Cl2N5OS2. The summed E-state index contributed by atoms with van der Waals surface area (Å²) < 4.78 is 1.89. The number of rotatable bonds is 8. The summed E-state index contributed by atoms with van der Waals surface area (Å²) in [6, 6.07) is 5.33. The van der Waals surface area contributed by atoms with Crippen LogP contribution in [0.5, 0.6) is 0 Å². The molecule has 0 bridgehead atoms. The third-order valence-corrected chi connectivity index (χ3v) is 6.36. The number of carbonyl (C=O) groups excluding carboxylic acids is 1. The number of aromatic nitrogens is 4. The summed E-state index contributed by atoms with van der Waals surface area (Å²) in [5, 5.41) is 12.1. The number of carbonyl (C=O) groups is 1. The van der Waals surface area contributed by atoms with Crippen LogP contribution in [0, 0.1) is 0 Å². The molecule has 3 aromatic rings. The molecule has 0 saturated carbocycles. The first kappa shape index (κ1) is 20.9. The van der Waals surface area contributed by atoms with Crippen molar-refractivity contribution in [3.05, 3.63) is 52.6 Å². The van der Waals surface area contributed by atoms with Crippen LogP contribution in [0.25, 0.3) is 11.3 Å². The van der Waals surface area contributed by atoms with Crippen LogP contribution < -0.4 is 4.90 Å². The average Bonchev–Trinajstić information content (AvgIpc) is 3.35. The van der Waals surface area contributed by atoms with Crippen LogP contribution in [0.3, 0.4) is 0 Å². The fourth-order valence-corrected chi connectivity index (χ4v) is 4.38. The first-order chi connectivity index (χ1) is 13.5. The molecule has 0 spiro atoms. The minimum Gasteiger partial charge on any atom is -0.309 e. The lowest BCUT2D eigenvalue weighted by Gasteiger charge is -2.17. The average molecular weight is 454 g/mol. The number of benzene rings is 1. The van der Waals surface area contributed by atoms with Gasteiger partial charge in [0.1, 0.15) is 6.33 Å². The molecule has 0 atom stereocenters. The van der Waals surface area contributed by atoms with Crippen LogP contribution >= 0.6 is 46.3 Å². The summed E-state index contributed by atoms with van der Waals surface area (Å²) in [5.74, 6) is 0.152. The maximum Gasteiger partial charge on any atom is 0.239 e. The molecule has 6 nitrogen and oxygen atoms in total. The van der Waals surface area contributed by atoms with Crippen molar-refractivity contribution in [3.8, 4) is 11.3 Å². The van der Waals surface area contributed by atoms with Gasteiger partial charge in [-0.05, 0) is 19.1 Å². The molecule has 0 fully saturated rings. The number of nitrogens with zero attached hydrogens (tertiary/aromatic N) is 5. The molecule has 3 rings (SSSR count). The largest absolute Gasteiger partial charge is 0.309 e. The number of hydrogen-bond donors (Lipinski definition) is 0. The van der Waals surface area contributed by atoms with Crippen LogP contribution in [0.1, 0.15) is 6.92 Å². The van der Waals surface area contributed by atoms with Gasteiger partial charge in [0.25, 0.3) is 0 Å². The lowest BCUT2D eigenvalue weighted by Crippen LogP contribution is -2.32. The summed E-state index contributed by atoms with van der Waals surface area (Å²) in [6.07, 6.45) is 3.33. The van der Waals surface area contributed by atoms with Crippen molar-refractivity contribution in [1.82, 2.24) is 19.7 Å². The lowest BCUT2D eigenvalue weighted by atomic mass is 10.2. The molecule has 0 aliphatic heterocycles. The van der Waals surface area contributed by atoms with Gasteiger partial charge in [0.2, 0.25) is 5.91 Å². The SMILES string of the molecule is C=CCN(C(=O)CSc1nncn1CC)c1nc(-c2ccc(Cl)c(Cl)c2)cs1. The van der Waals surface area contributed by atoms with Gasteiger partial charge in [-0.1, -0.05) is 47.1 Å². The Morgan fingerprint density at radius 3 is 2.93 bits per heavy atom. The second-order valence-corrected chi connectivity index (χ2v) is 8.22. The summed E-state index contributed by atoms with van der Waals surface area (Å²) in [6.45, 7) is 6.87. The molecule has 0 radical (unpaired) electrons. The molecule has 2 aromatic heterocycles. The highest BCUT2D eigenvalue weighted by Crippen LogP contribution is 2.32. The third-order valence-electron chi connectivity index (χ3n) is 3.80. The monoisotopic (exact) mass is 453 g/mol. The third kappa shape index (κ3) is 4.75. The number of thioether (sulfide) groups is 1. The van der Waals surface area contributed by atoms with E-state index in [2.05, 4.69) is 21.8 Å². The highest BCUT2D eigenvalue weighted by atomic mass is 35.5. The number of amides is 1. The zero-order valence-corrected chi connectivity index (χ0v) is 18.2. The molecule has 1 amide bonds. The van der Waals surface area contributed by atoms with Crippen molar-refractivity contribution in [2.45, 2.75) is 18.6 Å². The van der Waals surface area contributed by atoms with Gasteiger partial charge in [0, 0.05) is 24.0 Å². The Bertz CT molecular complexity index is 988. The van der Waals surface area contributed by atoms with E-state index >= 15 is 0 Å². The van der Waals surface area contributed by atoms with Crippen molar-refractivity contribution in [2.75, 3.05) is 17.2 Å². The van der Waals surface area contributed by atoms with E-state index in [0.29, 0.717) is 26.9 Å². The van der Waals surface area contributed by atoms with E-state index in [9.17, 15) is 4.79 Å². The highest BCUT2D eigenvalue weighted by molar-refractivity contribution is 7.99. The molecule has 1 aromatic carbocycles. The smallest absolute Gasteiger partial charge is 0.239 e. The number of aryl methyl sites for hydroxylation is 1. The van der Waals surface area contributed by atoms with E-state index in [1.165, 1.54) is 23.1 Å². The Labute approximate surface area is 181 Å². The molecule has 0 aliphatic rings. The van der Waals surface area contributed by atoms with Crippen molar-refractivity contribution < 1.29 is 4.79 Å². The topological polar surface area (TPSA) is 63.9 Å². The first-order valence-electron chi connectivity index (χ1n) is 8.36. The zero-order valence-electron chi connectivity index (χ0n) is 15.0. The Hall–Kier alpha value is -1.87. The van der Waals surface area contributed by atoms with Crippen molar-refractivity contribution in [3.63, 3.8) is 0 Å². The van der Waals surface area contributed by atoms with E-state index in [-0.39, 0.29) is 11.7 Å². The normalized spacial score (nSPS) is 10.8. The van der Waals surface area contributed by atoms with Crippen LogP contribution in [-0.2, 0) is 11.3 Å². The Kier molecular flexibility index (Phi) is 7.12. The maximum atomic E-state index is 12.8. The number of halogens is 2. The van der Waals surface area contributed by atoms with Gasteiger partial charge in [0.15, 0.2) is 10.3 Å². The van der Waals surface area contributed by atoms with Crippen molar-refractivity contribution >= 4 is 57.3 Å². The van der Waals surface area contributed by atoms with Crippen molar-refractivity contribution in [2.24, 2.45) is 0 Å². The first-order valence-corrected chi connectivity index (χ1v) is 11.0. The summed E-state index contributed by atoms with van der Waals surface area (Å²) in [5.41, 5.74) is 1.58. The van der Waals surface area contributed by atoms with E-state index in [1.807, 2.05) is 22.9 Å². The fraction of sp³-hybridized carbons (Fsp3) is 0.222. The predicted octanol–water partition coefficient (Wildman–Crippen LogP) is 5.04. The number of anilines is 1. The fourth-order valence-electron chi connectivity index (χ4n) is 2.37. The number of thiazole rings is 1. The van der Waals surface area contributed by atoms with E-state index in [1.54, 1.807) is 29.4 Å². The quantitative estimate of drug-likeness (QED) is 0.353. The summed E-state index contributed by atoms with van der Waals surface area (Å²) >= 11 is 14.8. The Balaban J connectivity index is 1.76. The summed E-state index contributed by atoms with van der Waals surface area (Å²) in [4.78, 5) is 19.0. The molecule has 28 heavy (non-hydrogen) atoms. The lowest BCUT2D eigenvalue weighted by molar-refractivity contribution is -0.116. The van der Waals surface area contributed by atoms with Gasteiger partial charge in [-0.3, -0.25) is 9.69 Å². The Morgan fingerprint density at radius 2 is 2.21 bits per heavy atom. The van der Waals surface area contributed by atoms with Crippen LogP contribution in [-0.4, -0.2) is 38.0 Å². The second kappa shape index (κ2) is 9.56. The van der Waals surface area contributed by atoms with Gasteiger partial charge in [-0.2, -0.15) is 0 Å². The van der Waals surface area contributed by atoms with E-state index in [0.717, 1.165) is 17.8 Å². The number of hydrogen-bond acceptors (Lipinski definition) is 6. The Morgan fingerprint density at radius 1 is 1.39 bits per heavy atom. The van der Waals surface area contributed by atoms with Gasteiger partial charge >= 0.3 is 0 Å². The minimum absolute atomic E-state index is 0.0782. The van der Waals surface area contributed by atoms with Crippen LogP contribution in [0.4, 0.5) is 5.13 Å². The standard InChI is InChI=1S/C18H17Cl2N5OS2/c1-3-7-25(16(26)10-28-18-23-21-11-24(18)4-2)17-22-15(9-27-17)12-5-6-13(19)14(20)8-12/h3,5-6,8-9,11H,1,4,7,10H2,2H3. The van der Waals surface area contributed by atoms with Crippen LogP contribution in [0.15, 0.2) is 47.7 Å². The highest BCUT2D eigenvalue weighted by Gasteiger charge is 2.20.